The Labute approximate surface area is 137 Å². The molecule has 1 saturated carbocycles. The van der Waals surface area contributed by atoms with Gasteiger partial charge in [-0.15, -0.1) is 0 Å². The Morgan fingerprint density at radius 2 is 2.05 bits per heavy atom. The zero-order valence-corrected chi connectivity index (χ0v) is 14.8. The number of nitrogen functional groups attached to an aromatic ring is 1. The SMILES string of the molecule is CSC1CCCCC1NS(=O)(=O)c1cc(Br)c(F)cc1N. The van der Waals surface area contributed by atoms with Crippen molar-refractivity contribution in [2.75, 3.05) is 12.0 Å². The lowest BCUT2D eigenvalue weighted by Crippen LogP contribution is -2.43. The predicted molar refractivity (Wildman–Crippen MR) is 88.4 cm³/mol. The molecule has 2 atom stereocenters. The fourth-order valence-corrected chi connectivity index (χ4v) is 5.52. The van der Waals surface area contributed by atoms with Gasteiger partial charge in [0.2, 0.25) is 10.0 Å². The number of hydrogen-bond donors (Lipinski definition) is 2. The van der Waals surface area contributed by atoms with E-state index in [0.29, 0.717) is 0 Å². The standard InChI is InChI=1S/C13H18BrFN2O2S2/c1-20-12-5-3-2-4-11(12)17-21(18,19)13-6-8(14)9(15)7-10(13)16/h6-7,11-12,17H,2-5,16H2,1H3. The average Bonchev–Trinajstić information content (AvgIpc) is 2.43. The predicted octanol–water partition coefficient (Wildman–Crippen LogP) is 3.12. The van der Waals surface area contributed by atoms with E-state index in [1.807, 2.05) is 6.26 Å². The van der Waals surface area contributed by atoms with Crippen molar-refractivity contribution < 1.29 is 12.8 Å². The number of rotatable bonds is 4. The highest BCUT2D eigenvalue weighted by Crippen LogP contribution is 2.30. The van der Waals surface area contributed by atoms with Crippen LogP contribution in [0.4, 0.5) is 10.1 Å². The number of anilines is 1. The number of nitrogens with one attached hydrogen (secondary N) is 1. The first-order valence-electron chi connectivity index (χ1n) is 6.65. The Morgan fingerprint density at radius 1 is 1.38 bits per heavy atom. The Balaban J connectivity index is 2.28. The number of nitrogens with two attached hydrogens (primary N) is 1. The number of hydrogen-bond acceptors (Lipinski definition) is 4. The van der Waals surface area contributed by atoms with Crippen LogP contribution in [-0.4, -0.2) is 26.0 Å². The van der Waals surface area contributed by atoms with E-state index in [-0.39, 0.29) is 26.3 Å². The highest BCUT2D eigenvalue weighted by molar-refractivity contribution is 9.10. The Bertz CT molecular complexity index is 625. The third-order valence-corrected chi connectivity index (χ3v) is 6.98. The lowest BCUT2D eigenvalue weighted by atomic mass is 9.96. The monoisotopic (exact) mass is 396 g/mol. The molecule has 0 radical (unpaired) electrons. The number of thioether (sulfide) groups is 1. The van der Waals surface area contributed by atoms with E-state index in [2.05, 4.69) is 20.7 Å². The van der Waals surface area contributed by atoms with Crippen LogP contribution in [0.5, 0.6) is 0 Å². The van der Waals surface area contributed by atoms with Gasteiger partial charge in [0, 0.05) is 11.3 Å². The first-order chi connectivity index (χ1) is 9.85. The number of halogens is 2. The third kappa shape index (κ3) is 3.91. The van der Waals surface area contributed by atoms with Gasteiger partial charge in [-0.05, 0) is 47.2 Å². The molecule has 1 fully saturated rings. The smallest absolute Gasteiger partial charge is 0.242 e. The first-order valence-corrected chi connectivity index (χ1v) is 10.2. The van der Waals surface area contributed by atoms with Gasteiger partial charge >= 0.3 is 0 Å². The van der Waals surface area contributed by atoms with Crippen molar-refractivity contribution >= 4 is 43.4 Å². The Kier molecular flexibility index (Phi) is 5.56. The third-order valence-electron chi connectivity index (χ3n) is 3.65. The summed E-state index contributed by atoms with van der Waals surface area (Å²) in [4.78, 5) is -0.0822. The van der Waals surface area contributed by atoms with Crippen LogP contribution in [-0.2, 0) is 10.0 Å². The molecule has 0 bridgehead atoms. The molecule has 118 valence electrons. The molecule has 2 rings (SSSR count). The molecule has 1 aliphatic carbocycles. The zero-order chi connectivity index (χ0) is 15.6. The van der Waals surface area contributed by atoms with Crippen LogP contribution in [0, 0.1) is 5.82 Å². The largest absolute Gasteiger partial charge is 0.398 e. The summed E-state index contributed by atoms with van der Waals surface area (Å²) in [6.45, 7) is 0. The molecule has 0 aromatic heterocycles. The van der Waals surface area contributed by atoms with Gasteiger partial charge in [-0.3, -0.25) is 0 Å². The minimum atomic E-state index is -3.76. The summed E-state index contributed by atoms with van der Waals surface area (Å²) in [6.07, 6.45) is 5.92. The highest BCUT2D eigenvalue weighted by atomic mass is 79.9. The molecule has 21 heavy (non-hydrogen) atoms. The second-order valence-electron chi connectivity index (χ2n) is 5.09. The molecule has 1 aliphatic rings. The molecule has 0 saturated heterocycles. The topological polar surface area (TPSA) is 72.2 Å². The van der Waals surface area contributed by atoms with Gasteiger partial charge in [0.05, 0.1) is 10.2 Å². The van der Waals surface area contributed by atoms with E-state index in [4.69, 9.17) is 5.73 Å². The van der Waals surface area contributed by atoms with Crippen LogP contribution in [0.15, 0.2) is 21.5 Å². The van der Waals surface area contributed by atoms with Crippen molar-refractivity contribution in [1.82, 2.24) is 4.72 Å². The first kappa shape index (κ1) is 17.1. The highest BCUT2D eigenvalue weighted by Gasteiger charge is 2.30. The molecule has 0 amide bonds. The summed E-state index contributed by atoms with van der Waals surface area (Å²) in [6, 6.07) is 2.12. The van der Waals surface area contributed by atoms with Crippen LogP contribution < -0.4 is 10.5 Å². The molecule has 8 heteroatoms. The fraction of sp³-hybridized carbons (Fsp3) is 0.538. The van der Waals surface area contributed by atoms with Gasteiger partial charge < -0.3 is 5.73 Å². The van der Waals surface area contributed by atoms with Gasteiger partial charge in [0.1, 0.15) is 10.7 Å². The van der Waals surface area contributed by atoms with Crippen molar-refractivity contribution in [1.29, 1.82) is 0 Å². The van der Waals surface area contributed by atoms with E-state index in [1.54, 1.807) is 11.8 Å². The van der Waals surface area contributed by atoms with Crippen molar-refractivity contribution in [2.45, 2.75) is 41.9 Å². The van der Waals surface area contributed by atoms with Gasteiger partial charge in [-0.1, -0.05) is 12.8 Å². The van der Waals surface area contributed by atoms with Crippen LogP contribution >= 0.6 is 27.7 Å². The summed E-state index contributed by atoms with van der Waals surface area (Å²) in [5, 5.41) is 0.263. The van der Waals surface area contributed by atoms with Crippen molar-refractivity contribution in [3.8, 4) is 0 Å². The average molecular weight is 397 g/mol. The fourth-order valence-electron chi connectivity index (χ4n) is 2.55. The molecule has 0 heterocycles. The molecule has 0 aliphatic heterocycles. The van der Waals surface area contributed by atoms with Gasteiger partial charge in [0.25, 0.3) is 0 Å². The maximum absolute atomic E-state index is 13.4. The molecule has 1 aromatic carbocycles. The molecular weight excluding hydrogens is 379 g/mol. The second kappa shape index (κ2) is 6.85. The van der Waals surface area contributed by atoms with Crippen molar-refractivity contribution in [3.05, 3.63) is 22.4 Å². The summed E-state index contributed by atoms with van der Waals surface area (Å²) >= 11 is 4.67. The van der Waals surface area contributed by atoms with Crippen LogP contribution in [0.1, 0.15) is 25.7 Å². The summed E-state index contributed by atoms with van der Waals surface area (Å²) in [5.41, 5.74) is 5.58. The zero-order valence-electron chi connectivity index (χ0n) is 11.6. The molecular formula is C13H18BrFN2O2S2. The van der Waals surface area contributed by atoms with E-state index < -0.39 is 15.8 Å². The van der Waals surface area contributed by atoms with Crippen molar-refractivity contribution in [3.63, 3.8) is 0 Å². The van der Waals surface area contributed by atoms with Gasteiger partial charge in [-0.25, -0.2) is 17.5 Å². The summed E-state index contributed by atoms with van der Waals surface area (Å²) < 4.78 is 41.2. The molecule has 0 spiro atoms. The molecule has 1 aromatic rings. The lowest BCUT2D eigenvalue weighted by molar-refractivity contribution is 0.423. The Morgan fingerprint density at radius 3 is 2.71 bits per heavy atom. The molecule has 2 unspecified atom stereocenters. The normalized spacial score (nSPS) is 23.2. The minimum Gasteiger partial charge on any atom is -0.398 e. The lowest BCUT2D eigenvalue weighted by Gasteiger charge is -2.30. The van der Waals surface area contributed by atoms with E-state index in [9.17, 15) is 12.8 Å². The van der Waals surface area contributed by atoms with E-state index in [0.717, 1.165) is 31.7 Å². The van der Waals surface area contributed by atoms with Crippen LogP contribution in [0.25, 0.3) is 0 Å². The van der Waals surface area contributed by atoms with E-state index in [1.165, 1.54) is 6.07 Å². The van der Waals surface area contributed by atoms with Crippen LogP contribution in [0.2, 0.25) is 0 Å². The van der Waals surface area contributed by atoms with Crippen LogP contribution in [0.3, 0.4) is 0 Å². The summed E-state index contributed by atoms with van der Waals surface area (Å²) in [5.74, 6) is -0.578. The van der Waals surface area contributed by atoms with Gasteiger partial charge in [0.15, 0.2) is 0 Å². The minimum absolute atomic E-state index is 0.0822. The van der Waals surface area contributed by atoms with E-state index >= 15 is 0 Å². The second-order valence-corrected chi connectivity index (χ2v) is 8.70. The molecule has 3 N–H and O–H groups in total. The number of benzene rings is 1. The maximum atomic E-state index is 13.4. The van der Waals surface area contributed by atoms with Crippen molar-refractivity contribution in [2.24, 2.45) is 0 Å². The number of sulfonamides is 1. The summed E-state index contributed by atoms with van der Waals surface area (Å²) in [7, 11) is -3.76. The van der Waals surface area contributed by atoms with Gasteiger partial charge in [-0.2, -0.15) is 11.8 Å². The maximum Gasteiger partial charge on any atom is 0.242 e. The quantitative estimate of drug-likeness (QED) is 0.766. The molecule has 4 nitrogen and oxygen atoms in total. The Hall–Kier alpha value is -0.310.